The van der Waals surface area contributed by atoms with Crippen LogP contribution in [0.5, 0.6) is 0 Å². The van der Waals surface area contributed by atoms with Crippen molar-refractivity contribution in [3.63, 3.8) is 0 Å². The van der Waals surface area contributed by atoms with Gasteiger partial charge in [0.05, 0.1) is 16.6 Å². The van der Waals surface area contributed by atoms with Gasteiger partial charge in [0.2, 0.25) is 0 Å². The molecule has 1 unspecified atom stereocenters. The molecule has 0 aliphatic heterocycles. The summed E-state index contributed by atoms with van der Waals surface area (Å²) in [5, 5.41) is 8.95. The molecule has 0 fully saturated rings. The lowest BCUT2D eigenvalue weighted by Crippen LogP contribution is -2.31. The van der Waals surface area contributed by atoms with E-state index in [2.05, 4.69) is 0 Å². The normalized spacial score (nSPS) is 12.9. The molecule has 112 valence electrons. The zero-order valence-corrected chi connectivity index (χ0v) is 12.9. The Hall–Kier alpha value is -1.56. The number of anilines is 1. The first-order valence-electron chi connectivity index (χ1n) is 6.62. The van der Waals surface area contributed by atoms with Crippen LogP contribution in [0.15, 0.2) is 29.2 Å². The van der Waals surface area contributed by atoms with Crippen LogP contribution in [-0.4, -0.2) is 38.3 Å². The molecule has 0 heterocycles. The smallest absolute Gasteiger partial charge is 0.308 e. The number of carboxylic acid groups (broad SMARTS) is 1. The van der Waals surface area contributed by atoms with Crippen molar-refractivity contribution < 1.29 is 18.3 Å². The van der Waals surface area contributed by atoms with Gasteiger partial charge in [0.1, 0.15) is 0 Å². The maximum absolute atomic E-state index is 11.7. The van der Waals surface area contributed by atoms with Gasteiger partial charge in [0.15, 0.2) is 9.84 Å². The fraction of sp³-hybridized carbons (Fsp3) is 0.500. The first kappa shape index (κ1) is 16.5. The number of rotatable bonds is 7. The summed E-state index contributed by atoms with van der Waals surface area (Å²) in [4.78, 5) is 13.1. The van der Waals surface area contributed by atoms with E-state index in [1.54, 1.807) is 38.1 Å². The first-order valence-corrected chi connectivity index (χ1v) is 8.27. The summed E-state index contributed by atoms with van der Waals surface area (Å²) < 4.78 is 23.5. The fourth-order valence-corrected chi connectivity index (χ4v) is 2.74. The molecular weight excluding hydrogens is 278 g/mol. The third kappa shape index (κ3) is 3.96. The highest BCUT2D eigenvalue weighted by molar-refractivity contribution is 7.91. The lowest BCUT2D eigenvalue weighted by atomic mass is 10.1. The molecule has 0 saturated heterocycles. The van der Waals surface area contributed by atoms with Crippen molar-refractivity contribution in [2.75, 3.05) is 23.7 Å². The van der Waals surface area contributed by atoms with Crippen LogP contribution in [0.4, 0.5) is 5.69 Å². The largest absolute Gasteiger partial charge is 0.481 e. The van der Waals surface area contributed by atoms with Gasteiger partial charge in [0.25, 0.3) is 0 Å². The topological polar surface area (TPSA) is 74.7 Å². The Morgan fingerprint density at radius 2 is 1.80 bits per heavy atom. The summed E-state index contributed by atoms with van der Waals surface area (Å²) in [6, 6.07) is 6.59. The molecule has 1 rings (SSSR count). The monoisotopic (exact) mass is 299 g/mol. The molecule has 0 spiro atoms. The fourth-order valence-electron chi connectivity index (χ4n) is 1.86. The van der Waals surface area contributed by atoms with E-state index in [0.29, 0.717) is 18.0 Å². The summed E-state index contributed by atoms with van der Waals surface area (Å²) in [6.07, 6.45) is 0. The highest BCUT2D eigenvalue weighted by Crippen LogP contribution is 2.19. The molecule has 0 aliphatic carbocycles. The van der Waals surface area contributed by atoms with Gasteiger partial charge in [-0.05, 0) is 31.2 Å². The van der Waals surface area contributed by atoms with E-state index in [9.17, 15) is 13.2 Å². The zero-order chi connectivity index (χ0) is 15.3. The van der Waals surface area contributed by atoms with Gasteiger partial charge in [-0.15, -0.1) is 0 Å². The molecule has 5 nitrogen and oxygen atoms in total. The van der Waals surface area contributed by atoms with Gasteiger partial charge in [-0.1, -0.05) is 13.8 Å². The minimum atomic E-state index is -3.20. The van der Waals surface area contributed by atoms with E-state index in [1.165, 1.54) is 0 Å². The van der Waals surface area contributed by atoms with Crippen molar-refractivity contribution in [2.45, 2.75) is 25.7 Å². The molecule has 1 aromatic rings. The summed E-state index contributed by atoms with van der Waals surface area (Å²) in [5.41, 5.74) is 0.829. The number of hydrogen-bond acceptors (Lipinski definition) is 4. The lowest BCUT2D eigenvalue weighted by Gasteiger charge is -2.25. The summed E-state index contributed by atoms with van der Waals surface area (Å²) in [6.45, 7) is 6.26. The quantitative estimate of drug-likeness (QED) is 0.834. The SMILES string of the molecule is CCN(CC(C)C(=O)O)c1ccc(S(=O)(=O)CC)cc1. The molecule has 0 bridgehead atoms. The van der Waals surface area contributed by atoms with Crippen LogP contribution in [-0.2, 0) is 14.6 Å². The number of carbonyl (C=O) groups is 1. The van der Waals surface area contributed by atoms with Gasteiger partial charge < -0.3 is 10.0 Å². The van der Waals surface area contributed by atoms with Crippen LogP contribution < -0.4 is 4.90 Å². The molecule has 0 saturated carbocycles. The van der Waals surface area contributed by atoms with Gasteiger partial charge in [0, 0.05) is 18.8 Å². The predicted octanol–water partition coefficient (Wildman–Crippen LogP) is 2.03. The Morgan fingerprint density at radius 1 is 1.25 bits per heavy atom. The molecule has 0 aliphatic rings. The second-order valence-electron chi connectivity index (χ2n) is 4.68. The number of sulfone groups is 1. The highest BCUT2D eigenvalue weighted by Gasteiger charge is 2.16. The number of nitrogens with zero attached hydrogens (tertiary/aromatic N) is 1. The van der Waals surface area contributed by atoms with Crippen LogP contribution in [0.25, 0.3) is 0 Å². The summed E-state index contributed by atoms with van der Waals surface area (Å²) in [5.74, 6) is -1.25. The Bertz CT molecular complexity index is 551. The van der Waals surface area contributed by atoms with Crippen LogP contribution in [0.2, 0.25) is 0 Å². The molecule has 1 atom stereocenters. The van der Waals surface area contributed by atoms with Crippen LogP contribution in [0, 0.1) is 5.92 Å². The average molecular weight is 299 g/mol. The van der Waals surface area contributed by atoms with Crippen LogP contribution >= 0.6 is 0 Å². The summed E-state index contributed by atoms with van der Waals surface area (Å²) in [7, 11) is -3.20. The number of carboxylic acids is 1. The molecule has 1 N–H and O–H groups in total. The van der Waals surface area contributed by atoms with E-state index < -0.39 is 21.7 Å². The van der Waals surface area contributed by atoms with Crippen LogP contribution in [0.1, 0.15) is 20.8 Å². The lowest BCUT2D eigenvalue weighted by molar-refractivity contribution is -0.140. The van der Waals surface area contributed by atoms with Gasteiger partial charge in [-0.2, -0.15) is 0 Å². The summed E-state index contributed by atoms with van der Waals surface area (Å²) >= 11 is 0. The predicted molar refractivity (Wildman–Crippen MR) is 78.9 cm³/mol. The molecule has 0 amide bonds. The third-order valence-electron chi connectivity index (χ3n) is 3.24. The third-order valence-corrected chi connectivity index (χ3v) is 4.99. The second-order valence-corrected chi connectivity index (χ2v) is 6.95. The molecular formula is C14H21NO4S. The van der Waals surface area contributed by atoms with E-state index in [-0.39, 0.29) is 5.75 Å². The van der Waals surface area contributed by atoms with Crippen molar-refractivity contribution >= 4 is 21.5 Å². The second kappa shape index (κ2) is 6.74. The van der Waals surface area contributed by atoms with Gasteiger partial charge in [-0.3, -0.25) is 4.79 Å². The van der Waals surface area contributed by atoms with E-state index in [1.807, 2.05) is 11.8 Å². The number of aliphatic carboxylic acids is 1. The standard InChI is InChI=1S/C14H21NO4S/c1-4-15(10-11(3)14(16)17)12-6-8-13(9-7-12)20(18,19)5-2/h6-9,11H,4-5,10H2,1-3H3,(H,16,17). The zero-order valence-electron chi connectivity index (χ0n) is 12.0. The maximum Gasteiger partial charge on any atom is 0.308 e. The average Bonchev–Trinajstić information content (AvgIpc) is 2.44. The molecule has 20 heavy (non-hydrogen) atoms. The van der Waals surface area contributed by atoms with Gasteiger partial charge in [-0.25, -0.2) is 8.42 Å². The Kier molecular flexibility index (Phi) is 5.56. The van der Waals surface area contributed by atoms with Crippen molar-refractivity contribution in [2.24, 2.45) is 5.92 Å². The minimum absolute atomic E-state index is 0.0693. The van der Waals surface area contributed by atoms with Gasteiger partial charge >= 0.3 is 5.97 Å². The molecule has 0 aromatic heterocycles. The van der Waals surface area contributed by atoms with E-state index in [0.717, 1.165) is 5.69 Å². The Morgan fingerprint density at radius 3 is 2.20 bits per heavy atom. The molecule has 1 aromatic carbocycles. The van der Waals surface area contributed by atoms with Crippen molar-refractivity contribution in [3.8, 4) is 0 Å². The van der Waals surface area contributed by atoms with Crippen molar-refractivity contribution in [3.05, 3.63) is 24.3 Å². The number of hydrogen-bond donors (Lipinski definition) is 1. The molecule has 6 heteroatoms. The van der Waals surface area contributed by atoms with E-state index in [4.69, 9.17) is 5.11 Å². The van der Waals surface area contributed by atoms with Crippen LogP contribution in [0.3, 0.4) is 0 Å². The Balaban J connectivity index is 2.93. The maximum atomic E-state index is 11.7. The minimum Gasteiger partial charge on any atom is -0.481 e. The highest BCUT2D eigenvalue weighted by atomic mass is 32.2. The first-order chi connectivity index (χ1) is 9.31. The van der Waals surface area contributed by atoms with Crippen molar-refractivity contribution in [1.82, 2.24) is 0 Å². The molecule has 0 radical (unpaired) electrons. The Labute approximate surface area is 120 Å². The number of benzene rings is 1. The van der Waals surface area contributed by atoms with Crippen molar-refractivity contribution in [1.29, 1.82) is 0 Å². The van der Waals surface area contributed by atoms with E-state index >= 15 is 0 Å².